The first-order valence-electron chi connectivity index (χ1n) is 7.80. The van der Waals surface area contributed by atoms with Crippen LogP contribution in [0.3, 0.4) is 0 Å². The summed E-state index contributed by atoms with van der Waals surface area (Å²) >= 11 is 0. The minimum atomic E-state index is -0.626. The molecule has 2 aromatic rings. The van der Waals surface area contributed by atoms with Crippen LogP contribution in [0.5, 0.6) is 0 Å². The van der Waals surface area contributed by atoms with Gasteiger partial charge in [-0.3, -0.25) is 4.79 Å². The summed E-state index contributed by atoms with van der Waals surface area (Å²) in [5.41, 5.74) is 0.754. The molecule has 27 heavy (non-hydrogen) atoms. The van der Waals surface area contributed by atoms with Gasteiger partial charge in [0.2, 0.25) is 11.7 Å². The van der Waals surface area contributed by atoms with Crippen LogP contribution in [0, 0.1) is 5.82 Å². The van der Waals surface area contributed by atoms with E-state index in [2.05, 4.69) is 20.3 Å². The van der Waals surface area contributed by atoms with E-state index >= 15 is 0 Å². The first-order valence-corrected chi connectivity index (χ1v) is 7.80. The molecule has 0 spiro atoms. The lowest BCUT2D eigenvalue weighted by molar-refractivity contribution is 0.0600. The van der Waals surface area contributed by atoms with Crippen LogP contribution in [0.1, 0.15) is 16.2 Å². The number of benzene rings is 1. The molecule has 1 N–H and O–H groups in total. The normalized spacial score (nSPS) is 11.0. The molecule has 0 amide bonds. The lowest BCUT2D eigenvalue weighted by Crippen LogP contribution is -2.12. The van der Waals surface area contributed by atoms with E-state index in [1.807, 2.05) is 0 Å². The van der Waals surface area contributed by atoms with Crippen LogP contribution in [0.15, 0.2) is 46.0 Å². The highest BCUT2D eigenvalue weighted by atomic mass is 19.1. The Labute approximate surface area is 150 Å². The second kappa shape index (κ2) is 6.48. The van der Waals surface area contributed by atoms with Crippen LogP contribution in [-0.2, 0) is 11.3 Å². The highest BCUT2D eigenvalue weighted by Gasteiger charge is 2.22. The summed E-state index contributed by atoms with van der Waals surface area (Å²) in [6, 6.07) is 5.66. The van der Waals surface area contributed by atoms with E-state index in [0.29, 0.717) is 11.4 Å². The number of aromatic amines is 1. The second-order valence-electron chi connectivity index (χ2n) is 5.67. The predicted octanol–water partition coefficient (Wildman–Crippen LogP) is 1.70. The summed E-state index contributed by atoms with van der Waals surface area (Å²) in [5, 5.41) is 10.0. The van der Waals surface area contributed by atoms with Gasteiger partial charge in [-0.1, -0.05) is 5.16 Å². The highest BCUT2D eigenvalue weighted by molar-refractivity contribution is 5.95. The topological polar surface area (TPSA) is 116 Å². The number of fused-ring (bicyclic) bond motifs is 1. The number of esters is 1. The Morgan fingerprint density at radius 3 is 2.81 bits per heavy atom. The lowest BCUT2D eigenvalue weighted by atomic mass is 10.1. The maximum absolute atomic E-state index is 13.0. The molecule has 0 aliphatic carbocycles. The number of halogens is 1. The number of H-pyrrole nitrogens is 1. The second-order valence-corrected chi connectivity index (χ2v) is 5.67. The van der Waals surface area contributed by atoms with E-state index in [9.17, 15) is 14.0 Å². The Morgan fingerprint density at radius 2 is 2.07 bits per heavy atom. The minimum Gasteiger partial charge on any atom is -0.465 e. The van der Waals surface area contributed by atoms with Gasteiger partial charge in [-0.15, -0.1) is 0 Å². The molecule has 0 fully saturated rings. The number of hydrogen-bond donors (Lipinski definition) is 1. The van der Waals surface area contributed by atoms with Gasteiger partial charge in [-0.05, 0) is 24.3 Å². The fraction of sp³-hybridized carbons (Fsp3) is 0.118. The molecule has 3 heterocycles. The van der Waals surface area contributed by atoms with Crippen molar-refractivity contribution in [2.45, 2.75) is 6.54 Å². The van der Waals surface area contributed by atoms with Crippen molar-refractivity contribution in [2.24, 2.45) is 0 Å². The van der Waals surface area contributed by atoms with Gasteiger partial charge in [0.05, 0.1) is 12.7 Å². The average molecular weight is 369 g/mol. The van der Waals surface area contributed by atoms with E-state index < -0.39 is 11.5 Å². The van der Waals surface area contributed by atoms with Gasteiger partial charge in [0.25, 0.3) is 5.56 Å². The average Bonchev–Trinajstić information content (AvgIpc) is 3.28. The number of methoxy groups -OCH3 is 1. The number of rotatable bonds is 4. The fourth-order valence-electron chi connectivity index (χ4n) is 2.63. The fourth-order valence-corrected chi connectivity index (χ4v) is 2.63. The Kier molecular flexibility index (Phi) is 3.99. The van der Waals surface area contributed by atoms with Gasteiger partial charge in [-0.25, -0.2) is 14.3 Å². The van der Waals surface area contributed by atoms with Crippen LogP contribution in [0.4, 0.5) is 4.39 Å². The molecule has 136 valence electrons. The number of aromatic nitrogens is 5. The molecular weight excluding hydrogens is 357 g/mol. The summed E-state index contributed by atoms with van der Waals surface area (Å²) < 4.78 is 24.5. The summed E-state index contributed by atoms with van der Waals surface area (Å²) in [6.07, 6.45) is 3.01. The molecule has 0 atom stereocenters. The summed E-state index contributed by atoms with van der Waals surface area (Å²) in [7, 11) is 1.24. The van der Waals surface area contributed by atoms with Gasteiger partial charge < -0.3 is 13.8 Å². The highest BCUT2D eigenvalue weighted by Crippen LogP contribution is 2.22. The number of carbonyl (C=O) groups excluding carboxylic acids is 1. The Hall–Kier alpha value is -3.82. The molecule has 0 saturated carbocycles. The molecule has 0 bridgehead atoms. The molecular formula is C17H12FN5O4. The van der Waals surface area contributed by atoms with Crippen molar-refractivity contribution in [3.8, 4) is 22.6 Å². The van der Waals surface area contributed by atoms with E-state index in [-0.39, 0.29) is 35.1 Å². The van der Waals surface area contributed by atoms with Gasteiger partial charge in [0.15, 0.2) is 0 Å². The first-order chi connectivity index (χ1) is 13.0. The van der Waals surface area contributed by atoms with Crippen molar-refractivity contribution in [1.29, 1.82) is 0 Å². The van der Waals surface area contributed by atoms with E-state index in [1.54, 1.807) is 4.57 Å². The number of nitrogens with one attached hydrogen (secondary N) is 1. The Bertz CT molecular complexity index is 1140. The van der Waals surface area contributed by atoms with Crippen molar-refractivity contribution in [2.75, 3.05) is 7.11 Å². The Morgan fingerprint density at radius 1 is 1.30 bits per heavy atom. The van der Waals surface area contributed by atoms with Crippen molar-refractivity contribution >= 4 is 5.97 Å². The number of hydrogen-bond acceptors (Lipinski definition) is 7. The first kappa shape index (κ1) is 16.6. The number of nitrogens with zero attached hydrogens (tertiary/aromatic N) is 4. The molecule has 0 radical (unpaired) electrons. The van der Waals surface area contributed by atoms with Gasteiger partial charge in [-0.2, -0.15) is 10.1 Å². The summed E-state index contributed by atoms with van der Waals surface area (Å²) in [6.45, 7) is 0.110. The third-order valence-corrected chi connectivity index (χ3v) is 3.91. The zero-order chi connectivity index (χ0) is 19.0. The molecule has 4 rings (SSSR count). The van der Waals surface area contributed by atoms with Crippen molar-refractivity contribution in [3.05, 3.63) is 64.3 Å². The molecule has 2 aliphatic heterocycles. The largest absolute Gasteiger partial charge is 0.465 e. The zero-order valence-corrected chi connectivity index (χ0v) is 14.0. The van der Waals surface area contributed by atoms with E-state index in [1.165, 1.54) is 43.8 Å². The van der Waals surface area contributed by atoms with Gasteiger partial charge >= 0.3 is 5.97 Å². The maximum atomic E-state index is 13.0. The maximum Gasteiger partial charge on any atom is 0.341 e. The molecule has 1 aromatic heterocycles. The van der Waals surface area contributed by atoms with Crippen LogP contribution < -0.4 is 5.56 Å². The van der Waals surface area contributed by atoms with Crippen molar-refractivity contribution < 1.29 is 18.4 Å². The number of pyridine rings is 1. The molecule has 0 unspecified atom stereocenters. The van der Waals surface area contributed by atoms with Gasteiger partial charge in [0.1, 0.15) is 23.6 Å². The van der Waals surface area contributed by atoms with Crippen molar-refractivity contribution in [1.82, 2.24) is 24.9 Å². The SMILES string of the molecule is COC(=O)c1cn(Cc2nc(-c3ccc(F)cc3)no2)cc2c(=O)[nH]nc1-2. The third kappa shape index (κ3) is 3.08. The Balaban J connectivity index is 1.69. The van der Waals surface area contributed by atoms with Crippen LogP contribution in [0.2, 0.25) is 0 Å². The molecule has 10 heteroatoms. The summed E-state index contributed by atoms with van der Waals surface area (Å²) in [5.74, 6) is -0.452. The molecule has 0 saturated heterocycles. The standard InChI is InChI=1S/C17H12FN5O4/c1-26-17(25)12-7-23(6-11-14(12)20-21-16(11)24)8-13-19-15(22-27-13)9-2-4-10(18)5-3-9/h2-7H,8H2,1H3,(H,21,24). The van der Waals surface area contributed by atoms with Crippen LogP contribution in [-0.4, -0.2) is 38.0 Å². The smallest absolute Gasteiger partial charge is 0.341 e. The van der Waals surface area contributed by atoms with Gasteiger partial charge in [0, 0.05) is 18.0 Å². The number of carbonyl (C=O) groups is 1. The van der Waals surface area contributed by atoms with Crippen molar-refractivity contribution in [3.63, 3.8) is 0 Å². The zero-order valence-electron chi connectivity index (χ0n) is 14.0. The monoisotopic (exact) mass is 369 g/mol. The lowest BCUT2D eigenvalue weighted by Gasteiger charge is -2.09. The minimum absolute atomic E-state index is 0.110. The van der Waals surface area contributed by atoms with Crippen LogP contribution >= 0.6 is 0 Å². The molecule has 9 nitrogen and oxygen atoms in total. The summed E-state index contributed by atoms with van der Waals surface area (Å²) in [4.78, 5) is 28.1. The predicted molar refractivity (Wildman–Crippen MR) is 89.6 cm³/mol. The molecule has 2 aliphatic rings. The molecule has 1 aromatic carbocycles. The quantitative estimate of drug-likeness (QED) is 0.544. The van der Waals surface area contributed by atoms with E-state index in [0.717, 1.165) is 0 Å². The number of ether oxygens (including phenoxy) is 1. The third-order valence-electron chi connectivity index (χ3n) is 3.91. The van der Waals surface area contributed by atoms with E-state index in [4.69, 9.17) is 9.26 Å². The van der Waals surface area contributed by atoms with Crippen LogP contribution in [0.25, 0.3) is 22.6 Å².